The second-order valence-corrected chi connectivity index (χ2v) is 5.24. The van der Waals surface area contributed by atoms with Crippen molar-refractivity contribution in [2.24, 2.45) is 5.90 Å². The first-order valence-electron chi connectivity index (χ1n) is 4.47. The lowest BCUT2D eigenvalue weighted by atomic mass is 10.1. The highest BCUT2D eigenvalue weighted by atomic mass is 32.2. The van der Waals surface area contributed by atoms with Crippen molar-refractivity contribution >= 4 is 9.84 Å². The second kappa shape index (κ2) is 4.63. The molecular weight excluding hydrogens is 259 g/mol. The number of sulfone groups is 1. The van der Waals surface area contributed by atoms with Gasteiger partial charge >= 0.3 is 5.51 Å². The molecule has 0 aliphatic rings. The van der Waals surface area contributed by atoms with Crippen molar-refractivity contribution in [2.75, 3.05) is 0 Å². The van der Waals surface area contributed by atoms with E-state index in [9.17, 15) is 21.6 Å². The van der Waals surface area contributed by atoms with E-state index >= 15 is 0 Å². The number of nitrogens with two attached hydrogens (primary N) is 1. The summed E-state index contributed by atoms with van der Waals surface area (Å²) in [6.45, 7) is 1.49. The van der Waals surface area contributed by atoms with Crippen molar-refractivity contribution in [2.45, 2.75) is 23.4 Å². The van der Waals surface area contributed by atoms with Gasteiger partial charge in [-0.1, -0.05) is 12.1 Å². The first-order chi connectivity index (χ1) is 7.70. The fourth-order valence-corrected chi connectivity index (χ4v) is 1.96. The topological polar surface area (TPSA) is 69.4 Å². The van der Waals surface area contributed by atoms with E-state index in [1.165, 1.54) is 19.1 Å². The molecule has 1 unspecified atom stereocenters. The van der Waals surface area contributed by atoms with E-state index in [0.29, 0.717) is 0 Å². The van der Waals surface area contributed by atoms with Gasteiger partial charge < -0.3 is 0 Å². The molecule has 0 radical (unpaired) electrons. The van der Waals surface area contributed by atoms with Gasteiger partial charge in [0.25, 0.3) is 9.84 Å². The van der Waals surface area contributed by atoms with Crippen molar-refractivity contribution in [1.82, 2.24) is 0 Å². The Morgan fingerprint density at radius 3 is 2.41 bits per heavy atom. The summed E-state index contributed by atoms with van der Waals surface area (Å²) in [7, 11) is -5.34. The maximum Gasteiger partial charge on any atom is 0.501 e. The van der Waals surface area contributed by atoms with Crippen LogP contribution in [0.3, 0.4) is 0 Å². The van der Waals surface area contributed by atoms with Gasteiger partial charge in [0.2, 0.25) is 0 Å². The molecule has 0 spiro atoms. The molecule has 0 bridgehead atoms. The summed E-state index contributed by atoms with van der Waals surface area (Å²) < 4.78 is 59.1. The van der Waals surface area contributed by atoms with Gasteiger partial charge in [-0.15, -0.1) is 0 Å². The summed E-state index contributed by atoms with van der Waals surface area (Å²) >= 11 is 0. The molecular formula is C9H10F3NO3S. The van der Waals surface area contributed by atoms with Crippen LogP contribution in [0, 0.1) is 0 Å². The summed E-state index contributed by atoms with van der Waals surface area (Å²) in [5.74, 6) is 4.88. The summed E-state index contributed by atoms with van der Waals surface area (Å²) in [6, 6.07) is 4.38. The predicted octanol–water partition coefficient (Wildman–Crippen LogP) is 1.93. The van der Waals surface area contributed by atoms with Gasteiger partial charge in [0.15, 0.2) is 0 Å². The molecule has 4 nitrogen and oxygen atoms in total. The zero-order chi connectivity index (χ0) is 13.3. The number of halogens is 3. The van der Waals surface area contributed by atoms with Crippen LogP contribution in [-0.4, -0.2) is 13.9 Å². The third kappa shape index (κ3) is 2.76. The summed E-state index contributed by atoms with van der Waals surface area (Å²) in [4.78, 5) is 3.59. The molecule has 1 aromatic rings. The molecule has 96 valence electrons. The number of rotatable bonds is 3. The summed E-state index contributed by atoms with van der Waals surface area (Å²) in [5.41, 5.74) is -5.07. The van der Waals surface area contributed by atoms with Crippen LogP contribution in [0.4, 0.5) is 13.2 Å². The van der Waals surface area contributed by atoms with Crippen molar-refractivity contribution in [3.05, 3.63) is 29.8 Å². The smallest absolute Gasteiger partial charge is 0.297 e. The summed E-state index contributed by atoms with van der Waals surface area (Å²) in [6.07, 6.45) is -0.696. The highest BCUT2D eigenvalue weighted by Crippen LogP contribution is 2.31. The lowest BCUT2D eigenvalue weighted by Gasteiger charge is -2.12. The van der Waals surface area contributed by atoms with Crippen LogP contribution >= 0.6 is 0 Å². The van der Waals surface area contributed by atoms with Gasteiger partial charge in [0.1, 0.15) is 6.10 Å². The molecule has 0 saturated carbocycles. The van der Waals surface area contributed by atoms with E-state index in [0.717, 1.165) is 12.1 Å². The third-order valence-corrected chi connectivity index (χ3v) is 3.63. The van der Waals surface area contributed by atoms with Gasteiger partial charge in [-0.3, -0.25) is 4.84 Å². The Balaban J connectivity index is 3.26. The SMILES string of the molecule is CC(ON)c1cccc(S(=O)(=O)C(F)(F)F)c1. The van der Waals surface area contributed by atoms with Gasteiger partial charge in [0, 0.05) is 0 Å². The van der Waals surface area contributed by atoms with E-state index in [1.54, 1.807) is 0 Å². The summed E-state index contributed by atoms with van der Waals surface area (Å²) in [5, 5.41) is 0. The van der Waals surface area contributed by atoms with E-state index in [1.807, 2.05) is 0 Å². The third-order valence-electron chi connectivity index (χ3n) is 2.15. The monoisotopic (exact) mass is 269 g/mol. The first kappa shape index (κ1) is 13.9. The number of hydrogen-bond donors (Lipinski definition) is 1. The van der Waals surface area contributed by atoms with E-state index in [-0.39, 0.29) is 5.56 Å². The lowest BCUT2D eigenvalue weighted by molar-refractivity contribution is -0.0436. The number of alkyl halides is 3. The zero-order valence-electron chi connectivity index (χ0n) is 8.73. The Morgan fingerprint density at radius 1 is 1.35 bits per heavy atom. The molecule has 17 heavy (non-hydrogen) atoms. The molecule has 1 aromatic carbocycles. The van der Waals surface area contributed by atoms with E-state index in [2.05, 4.69) is 4.84 Å². The van der Waals surface area contributed by atoms with Crippen LogP contribution < -0.4 is 5.90 Å². The lowest BCUT2D eigenvalue weighted by Crippen LogP contribution is -2.23. The first-order valence-corrected chi connectivity index (χ1v) is 5.95. The second-order valence-electron chi connectivity index (χ2n) is 3.30. The van der Waals surface area contributed by atoms with Crippen LogP contribution in [0.1, 0.15) is 18.6 Å². The molecule has 8 heteroatoms. The largest absolute Gasteiger partial charge is 0.501 e. The van der Waals surface area contributed by atoms with Crippen LogP contribution in [0.25, 0.3) is 0 Å². The van der Waals surface area contributed by atoms with Gasteiger partial charge in [-0.2, -0.15) is 13.2 Å². The Hall–Kier alpha value is -1.12. The van der Waals surface area contributed by atoms with Crippen molar-refractivity contribution < 1.29 is 26.4 Å². The molecule has 0 aromatic heterocycles. The molecule has 0 saturated heterocycles. The molecule has 0 amide bonds. The average molecular weight is 269 g/mol. The van der Waals surface area contributed by atoms with Gasteiger partial charge in [-0.25, -0.2) is 14.3 Å². The minimum Gasteiger partial charge on any atom is -0.297 e. The van der Waals surface area contributed by atoms with Gasteiger partial charge in [-0.05, 0) is 24.6 Å². The van der Waals surface area contributed by atoms with Gasteiger partial charge in [0.05, 0.1) is 4.90 Å². The van der Waals surface area contributed by atoms with Crippen LogP contribution in [0.15, 0.2) is 29.2 Å². The molecule has 2 N–H and O–H groups in total. The molecule has 1 rings (SSSR count). The minimum atomic E-state index is -5.34. The molecule has 0 aliphatic carbocycles. The quantitative estimate of drug-likeness (QED) is 0.851. The Morgan fingerprint density at radius 2 is 1.94 bits per heavy atom. The van der Waals surface area contributed by atoms with Crippen molar-refractivity contribution in [3.63, 3.8) is 0 Å². The number of hydrogen-bond acceptors (Lipinski definition) is 4. The van der Waals surface area contributed by atoms with Crippen molar-refractivity contribution in [3.8, 4) is 0 Å². The van der Waals surface area contributed by atoms with Crippen LogP contribution in [0.5, 0.6) is 0 Å². The van der Waals surface area contributed by atoms with E-state index < -0.39 is 26.3 Å². The predicted molar refractivity (Wildman–Crippen MR) is 53.4 cm³/mol. The maximum atomic E-state index is 12.3. The maximum absolute atomic E-state index is 12.3. The molecule has 0 heterocycles. The molecule has 0 aliphatic heterocycles. The Labute approximate surface area is 96.1 Å². The Bertz CT molecular complexity index is 498. The fraction of sp³-hybridized carbons (Fsp3) is 0.333. The van der Waals surface area contributed by atoms with Crippen LogP contribution in [0.2, 0.25) is 0 Å². The highest BCUT2D eigenvalue weighted by molar-refractivity contribution is 7.92. The van der Waals surface area contributed by atoms with Crippen molar-refractivity contribution in [1.29, 1.82) is 0 Å². The Kier molecular flexibility index (Phi) is 3.80. The van der Waals surface area contributed by atoms with E-state index in [4.69, 9.17) is 5.90 Å². The molecule has 1 atom stereocenters. The molecule has 0 fully saturated rings. The average Bonchev–Trinajstić information content (AvgIpc) is 2.26. The highest BCUT2D eigenvalue weighted by Gasteiger charge is 2.46. The fourth-order valence-electron chi connectivity index (χ4n) is 1.15. The standard InChI is InChI=1S/C9H10F3NO3S/c1-6(16-13)7-3-2-4-8(5-7)17(14,15)9(10,11)12/h2-6H,13H2,1H3. The van der Waals surface area contributed by atoms with Crippen LogP contribution in [-0.2, 0) is 14.7 Å². The normalized spacial score (nSPS) is 14.6. The number of benzene rings is 1. The zero-order valence-corrected chi connectivity index (χ0v) is 9.55. The minimum absolute atomic E-state index is 0.248.